The average molecular weight is 460 g/mol. The summed E-state index contributed by atoms with van der Waals surface area (Å²) < 4.78 is 27.6. The first-order chi connectivity index (χ1) is 16.6. The topological polar surface area (TPSA) is 74.1 Å². The summed E-state index contributed by atoms with van der Waals surface area (Å²) in [7, 11) is 0. The number of halogens is 1. The first kappa shape index (κ1) is 22.0. The number of imidazole rings is 1. The van der Waals surface area contributed by atoms with E-state index in [1.807, 2.05) is 32.0 Å². The van der Waals surface area contributed by atoms with Crippen molar-refractivity contribution in [2.45, 2.75) is 32.7 Å². The maximum atomic E-state index is 13.4. The predicted octanol–water partition coefficient (Wildman–Crippen LogP) is 5.61. The number of hydrogen-bond donors (Lipinski definition) is 1. The second-order valence-electron chi connectivity index (χ2n) is 8.44. The van der Waals surface area contributed by atoms with Crippen LogP contribution in [0.4, 0.5) is 4.39 Å². The molecule has 0 radical (unpaired) electrons. The van der Waals surface area contributed by atoms with Gasteiger partial charge in [-0.2, -0.15) is 4.98 Å². The molecule has 4 aromatic rings. The number of piperidine rings is 1. The third-order valence-electron chi connectivity index (χ3n) is 5.90. The third-order valence-corrected chi connectivity index (χ3v) is 5.90. The summed E-state index contributed by atoms with van der Waals surface area (Å²) in [5.74, 6) is 1.29. The van der Waals surface area contributed by atoms with E-state index < -0.39 is 0 Å². The van der Waals surface area contributed by atoms with Gasteiger partial charge in [-0.1, -0.05) is 17.7 Å². The summed E-state index contributed by atoms with van der Waals surface area (Å²) in [5, 5.41) is 3.40. The van der Waals surface area contributed by atoms with Crippen LogP contribution in [0.5, 0.6) is 23.4 Å². The molecule has 34 heavy (non-hydrogen) atoms. The highest BCUT2D eigenvalue weighted by Gasteiger charge is 2.24. The summed E-state index contributed by atoms with van der Waals surface area (Å²) in [6.45, 7) is 5.90. The molecule has 1 aliphatic rings. The largest absolute Gasteiger partial charge is 0.437 e. The van der Waals surface area contributed by atoms with Crippen LogP contribution in [0.15, 0.2) is 61.1 Å². The number of ether oxygens (including phenoxy) is 2. The van der Waals surface area contributed by atoms with Gasteiger partial charge in [-0.05, 0) is 81.7 Å². The van der Waals surface area contributed by atoms with Crippen molar-refractivity contribution in [1.29, 1.82) is 0 Å². The molecule has 5 rings (SSSR count). The summed E-state index contributed by atoms with van der Waals surface area (Å²) in [4.78, 5) is 13.6. The second-order valence-corrected chi connectivity index (χ2v) is 8.44. The van der Waals surface area contributed by atoms with Crippen LogP contribution in [0.3, 0.4) is 0 Å². The van der Waals surface area contributed by atoms with Gasteiger partial charge < -0.3 is 19.4 Å². The van der Waals surface area contributed by atoms with E-state index in [9.17, 15) is 4.39 Å². The molecular weight excluding hydrogens is 433 g/mol. The van der Waals surface area contributed by atoms with E-state index in [0.717, 1.165) is 42.8 Å². The van der Waals surface area contributed by atoms with Gasteiger partial charge in [-0.3, -0.25) is 0 Å². The smallest absolute Gasteiger partial charge is 0.322 e. The first-order valence-corrected chi connectivity index (χ1v) is 11.4. The molecule has 8 heteroatoms. The van der Waals surface area contributed by atoms with Crippen LogP contribution in [0, 0.1) is 19.7 Å². The number of rotatable bonds is 6. The molecule has 7 nitrogen and oxygen atoms in total. The molecule has 1 aliphatic heterocycles. The summed E-state index contributed by atoms with van der Waals surface area (Å²) >= 11 is 0. The van der Waals surface area contributed by atoms with Gasteiger partial charge in [0.2, 0.25) is 5.88 Å². The number of hydrogen-bond acceptors (Lipinski definition) is 6. The van der Waals surface area contributed by atoms with Crippen LogP contribution in [-0.4, -0.2) is 32.6 Å². The molecule has 1 N–H and O–H groups in total. The Balaban J connectivity index is 1.52. The SMILES string of the molecule is Cc1ccc(Oc2nccc(-c3c(Oc4ccc(F)cc4)ncn3C3CCNCC3)n2)c(C)c1. The molecule has 2 aromatic heterocycles. The second kappa shape index (κ2) is 9.61. The van der Waals surface area contributed by atoms with Gasteiger partial charge in [0.25, 0.3) is 0 Å². The normalized spacial score (nSPS) is 14.2. The van der Waals surface area contributed by atoms with Crippen LogP contribution in [-0.2, 0) is 0 Å². The minimum atomic E-state index is -0.322. The highest BCUT2D eigenvalue weighted by molar-refractivity contribution is 5.62. The van der Waals surface area contributed by atoms with Crippen molar-refractivity contribution in [1.82, 2.24) is 24.8 Å². The van der Waals surface area contributed by atoms with E-state index >= 15 is 0 Å². The minimum Gasteiger partial charge on any atom is -0.437 e. The maximum Gasteiger partial charge on any atom is 0.322 e. The van der Waals surface area contributed by atoms with Crippen LogP contribution >= 0.6 is 0 Å². The van der Waals surface area contributed by atoms with Crippen molar-refractivity contribution in [3.63, 3.8) is 0 Å². The Morgan fingerprint density at radius 2 is 1.76 bits per heavy atom. The molecule has 3 heterocycles. The highest BCUT2D eigenvalue weighted by Crippen LogP contribution is 2.36. The Bertz CT molecular complexity index is 1280. The molecule has 0 atom stereocenters. The van der Waals surface area contributed by atoms with Gasteiger partial charge in [-0.15, -0.1) is 0 Å². The first-order valence-electron chi connectivity index (χ1n) is 11.4. The molecule has 1 fully saturated rings. The van der Waals surface area contributed by atoms with Gasteiger partial charge in [0.15, 0.2) is 0 Å². The molecule has 0 amide bonds. The maximum absolute atomic E-state index is 13.4. The fraction of sp³-hybridized carbons (Fsp3) is 0.269. The fourth-order valence-corrected chi connectivity index (χ4v) is 4.17. The van der Waals surface area contributed by atoms with Crippen LogP contribution in [0.25, 0.3) is 11.4 Å². The van der Waals surface area contributed by atoms with E-state index in [-0.39, 0.29) is 17.9 Å². The van der Waals surface area contributed by atoms with E-state index in [2.05, 4.69) is 25.9 Å². The monoisotopic (exact) mass is 459 g/mol. The van der Waals surface area contributed by atoms with Crippen molar-refractivity contribution < 1.29 is 13.9 Å². The molecule has 0 aliphatic carbocycles. The molecule has 0 spiro atoms. The number of nitrogens with zero attached hydrogens (tertiary/aromatic N) is 4. The molecule has 0 bridgehead atoms. The van der Waals surface area contributed by atoms with Gasteiger partial charge in [0.05, 0.1) is 12.0 Å². The van der Waals surface area contributed by atoms with Crippen molar-refractivity contribution in [3.05, 3.63) is 78.0 Å². The number of nitrogens with one attached hydrogen (secondary N) is 1. The van der Waals surface area contributed by atoms with Crippen molar-refractivity contribution >= 4 is 0 Å². The van der Waals surface area contributed by atoms with Crippen molar-refractivity contribution in [2.75, 3.05) is 13.1 Å². The standard InChI is InChI=1S/C26H26FN5O2/c1-17-3-8-23(18(2)15-17)34-26-29-14-11-22(31-26)24-25(33-21-6-4-19(27)5-7-21)30-16-32(24)20-9-12-28-13-10-20/h3-8,11,14-16,20,28H,9-10,12-13H2,1-2H3. The van der Waals surface area contributed by atoms with E-state index in [1.165, 1.54) is 12.1 Å². The van der Waals surface area contributed by atoms with E-state index in [4.69, 9.17) is 14.5 Å². The molecular formula is C26H26FN5O2. The summed E-state index contributed by atoms with van der Waals surface area (Å²) in [5.41, 5.74) is 3.55. The number of aromatic nitrogens is 4. The molecule has 0 saturated carbocycles. The Morgan fingerprint density at radius 3 is 2.53 bits per heavy atom. The van der Waals surface area contributed by atoms with Gasteiger partial charge in [0, 0.05) is 12.2 Å². The van der Waals surface area contributed by atoms with Gasteiger partial charge in [-0.25, -0.2) is 14.4 Å². The predicted molar refractivity (Wildman–Crippen MR) is 127 cm³/mol. The lowest BCUT2D eigenvalue weighted by Crippen LogP contribution is -2.29. The Morgan fingerprint density at radius 1 is 0.971 bits per heavy atom. The molecule has 2 aromatic carbocycles. The molecule has 1 saturated heterocycles. The van der Waals surface area contributed by atoms with Crippen molar-refractivity contribution in [3.8, 4) is 34.8 Å². The minimum absolute atomic E-state index is 0.246. The Kier molecular flexibility index (Phi) is 6.22. The Hall–Kier alpha value is -3.78. The zero-order valence-corrected chi connectivity index (χ0v) is 19.2. The van der Waals surface area contributed by atoms with Crippen LogP contribution in [0.1, 0.15) is 30.0 Å². The highest BCUT2D eigenvalue weighted by atomic mass is 19.1. The van der Waals surface area contributed by atoms with Gasteiger partial charge in [0.1, 0.15) is 23.0 Å². The average Bonchev–Trinajstić information content (AvgIpc) is 3.27. The number of aryl methyl sites for hydroxylation is 2. The van der Waals surface area contributed by atoms with Gasteiger partial charge >= 0.3 is 6.01 Å². The van der Waals surface area contributed by atoms with E-state index in [0.29, 0.717) is 23.1 Å². The van der Waals surface area contributed by atoms with Crippen molar-refractivity contribution in [2.24, 2.45) is 0 Å². The zero-order valence-electron chi connectivity index (χ0n) is 19.2. The van der Waals surface area contributed by atoms with E-state index in [1.54, 1.807) is 24.7 Å². The van der Waals surface area contributed by atoms with Crippen LogP contribution < -0.4 is 14.8 Å². The lowest BCUT2D eigenvalue weighted by molar-refractivity contribution is 0.368. The molecule has 174 valence electrons. The fourth-order valence-electron chi connectivity index (χ4n) is 4.17. The Labute approximate surface area is 197 Å². The summed E-state index contributed by atoms with van der Waals surface area (Å²) in [6, 6.07) is 14.2. The zero-order chi connectivity index (χ0) is 23.5. The lowest BCUT2D eigenvalue weighted by Gasteiger charge is -2.25. The molecule has 0 unspecified atom stereocenters. The third kappa shape index (κ3) is 4.77. The quantitative estimate of drug-likeness (QED) is 0.404. The lowest BCUT2D eigenvalue weighted by atomic mass is 10.1. The number of benzene rings is 2. The summed E-state index contributed by atoms with van der Waals surface area (Å²) in [6.07, 6.45) is 5.40. The van der Waals surface area contributed by atoms with Crippen LogP contribution in [0.2, 0.25) is 0 Å².